The van der Waals surface area contributed by atoms with Crippen LogP contribution in [0.25, 0.3) is 0 Å². The quantitative estimate of drug-likeness (QED) is 0.121. The lowest BCUT2D eigenvalue weighted by Crippen LogP contribution is -2.56. The van der Waals surface area contributed by atoms with E-state index in [0.29, 0.717) is 12.0 Å². The molecule has 0 saturated carbocycles. The van der Waals surface area contributed by atoms with Crippen LogP contribution in [-0.2, 0) is 30.5 Å². The summed E-state index contributed by atoms with van der Waals surface area (Å²) in [5, 5.41) is 16.6. The molecule has 15 heteroatoms. The molecule has 0 aliphatic carbocycles. The fourth-order valence-corrected chi connectivity index (χ4v) is 4.38. The number of amides is 5. The van der Waals surface area contributed by atoms with Crippen molar-refractivity contribution in [3.63, 3.8) is 0 Å². The van der Waals surface area contributed by atoms with Crippen LogP contribution in [0.3, 0.4) is 0 Å². The van der Waals surface area contributed by atoms with Crippen LogP contribution in [0, 0.1) is 0 Å². The Bertz CT molecular complexity index is 1180. The number of fused-ring (bicyclic) bond motifs is 2. The van der Waals surface area contributed by atoms with Crippen LogP contribution in [0.4, 0.5) is 0 Å². The van der Waals surface area contributed by atoms with E-state index in [1.165, 1.54) is 23.9 Å². The highest BCUT2D eigenvalue weighted by Gasteiger charge is 2.34. The Labute approximate surface area is 237 Å². The monoisotopic (exact) mass is 574 g/mol. The highest BCUT2D eigenvalue weighted by Crippen LogP contribution is 2.16. The number of aliphatic carboxylic acids is 1. The Balaban J connectivity index is 2.46. The predicted molar refractivity (Wildman–Crippen MR) is 148 cm³/mol. The molecule has 0 radical (unpaired) electrons. The van der Waals surface area contributed by atoms with Crippen molar-refractivity contribution >= 4 is 41.5 Å². The average molecular weight is 575 g/mol. The summed E-state index contributed by atoms with van der Waals surface area (Å²) >= 11 is 0. The van der Waals surface area contributed by atoms with Gasteiger partial charge in [0, 0.05) is 32.7 Å². The summed E-state index contributed by atoms with van der Waals surface area (Å²) in [4.78, 5) is 83.2. The zero-order valence-corrected chi connectivity index (χ0v) is 23.4. The molecule has 41 heavy (non-hydrogen) atoms. The van der Waals surface area contributed by atoms with Crippen molar-refractivity contribution in [2.45, 2.75) is 57.3 Å². The van der Waals surface area contributed by atoms with Crippen molar-refractivity contribution in [2.24, 2.45) is 16.5 Å². The number of carbonyl (C=O) groups excluding carboxylic acids is 5. The second kappa shape index (κ2) is 15.2. The number of nitrogens with zero attached hydrogens (tertiary/aromatic N) is 3. The van der Waals surface area contributed by atoms with Crippen LogP contribution >= 0.6 is 0 Å². The molecule has 8 N–H and O–H groups in total. The van der Waals surface area contributed by atoms with Crippen molar-refractivity contribution in [3.8, 4) is 0 Å². The molecular formula is C26H38N8O7. The number of hydrogen-bond donors (Lipinski definition) is 6. The minimum absolute atomic E-state index is 0.0488. The van der Waals surface area contributed by atoms with Gasteiger partial charge in [0.2, 0.25) is 23.6 Å². The largest absolute Gasteiger partial charge is 0.481 e. The van der Waals surface area contributed by atoms with Crippen molar-refractivity contribution < 1.29 is 33.9 Å². The first-order valence-corrected chi connectivity index (χ1v) is 13.1. The molecule has 1 aliphatic rings. The summed E-state index contributed by atoms with van der Waals surface area (Å²) in [5.41, 5.74) is 11.5. The maximum atomic E-state index is 13.6. The third-order valence-corrected chi connectivity index (χ3v) is 6.60. The number of carboxylic acid groups (broad SMARTS) is 1. The number of guanidine groups is 1. The smallest absolute Gasteiger partial charge is 0.305 e. The Kier molecular flexibility index (Phi) is 12.0. The number of nitrogens with two attached hydrogens (primary N) is 2. The second-order valence-corrected chi connectivity index (χ2v) is 9.61. The maximum Gasteiger partial charge on any atom is 0.305 e. The second-order valence-electron chi connectivity index (χ2n) is 9.61. The van der Waals surface area contributed by atoms with Gasteiger partial charge >= 0.3 is 5.97 Å². The van der Waals surface area contributed by atoms with Crippen LogP contribution in [0.1, 0.15) is 48.5 Å². The van der Waals surface area contributed by atoms with E-state index in [1.54, 1.807) is 31.2 Å². The highest BCUT2D eigenvalue weighted by atomic mass is 16.4. The summed E-state index contributed by atoms with van der Waals surface area (Å²) in [6.45, 7) is 1.30. The van der Waals surface area contributed by atoms with Gasteiger partial charge < -0.3 is 42.3 Å². The Hall–Kier alpha value is -4.69. The number of carboxylic acids is 1. The Morgan fingerprint density at radius 1 is 1.02 bits per heavy atom. The number of rotatable bonds is 7. The van der Waals surface area contributed by atoms with Crippen molar-refractivity contribution in [1.29, 1.82) is 0 Å². The molecule has 224 valence electrons. The first-order valence-electron chi connectivity index (χ1n) is 13.1. The molecule has 0 saturated heterocycles. The van der Waals surface area contributed by atoms with E-state index in [2.05, 4.69) is 20.9 Å². The minimum atomic E-state index is -1.42. The standard InChI is InChI=1S/C26H38N8O7/c1-4-18-25(41)34(3)19(9-6-10-29-26(27)28)23(39)31-14-20(35)32-17(12-21(36)37)22(38)30-13-15-7-5-8-16(11-15)24(40)33(18)2/h5,7-8,11,17-19H,4,6,9-10,12-14H2,1-3H3,(H,30,38)(H,31,39)(H,32,35)(H,36,37)(H4,27,28,29). The maximum absolute atomic E-state index is 13.6. The fourth-order valence-electron chi connectivity index (χ4n) is 4.38. The molecule has 1 aromatic rings. The van der Waals surface area contributed by atoms with Crippen LogP contribution in [-0.4, -0.2) is 102 Å². The van der Waals surface area contributed by atoms with Crippen LogP contribution < -0.4 is 27.4 Å². The summed E-state index contributed by atoms with van der Waals surface area (Å²) in [7, 11) is 2.92. The molecule has 0 fully saturated rings. The molecule has 2 rings (SSSR count). The molecule has 2 bridgehead atoms. The van der Waals surface area contributed by atoms with Crippen molar-refractivity contribution in [2.75, 3.05) is 27.2 Å². The molecule has 15 nitrogen and oxygen atoms in total. The van der Waals surface area contributed by atoms with Crippen LogP contribution in [0.5, 0.6) is 0 Å². The van der Waals surface area contributed by atoms with E-state index in [1.807, 2.05) is 0 Å². The first kappa shape index (κ1) is 32.5. The number of nitrogens with one attached hydrogen (secondary N) is 3. The highest BCUT2D eigenvalue weighted by molar-refractivity contribution is 5.99. The van der Waals surface area contributed by atoms with E-state index >= 15 is 0 Å². The van der Waals surface area contributed by atoms with Gasteiger partial charge in [0.05, 0.1) is 13.0 Å². The van der Waals surface area contributed by atoms with E-state index in [-0.39, 0.29) is 37.5 Å². The number of likely N-dealkylation sites (N-methyl/N-ethyl adjacent to an activating group) is 2. The number of aliphatic imine (C=N–C) groups is 1. The topological polar surface area (TPSA) is 230 Å². The molecule has 1 aliphatic heterocycles. The van der Waals surface area contributed by atoms with Gasteiger partial charge in [-0.1, -0.05) is 19.1 Å². The van der Waals surface area contributed by atoms with Crippen LogP contribution in [0.2, 0.25) is 0 Å². The normalized spacial score (nSPS) is 21.2. The molecule has 3 unspecified atom stereocenters. The molecule has 1 aromatic carbocycles. The molecule has 0 spiro atoms. The van der Waals surface area contributed by atoms with Gasteiger partial charge in [-0.3, -0.25) is 33.8 Å². The summed E-state index contributed by atoms with van der Waals surface area (Å²) in [5.74, 6) is -4.60. The molecule has 5 amide bonds. The minimum Gasteiger partial charge on any atom is -0.481 e. The van der Waals surface area contributed by atoms with Crippen molar-refractivity contribution in [1.82, 2.24) is 25.8 Å². The van der Waals surface area contributed by atoms with Gasteiger partial charge in [-0.05, 0) is 37.0 Å². The van der Waals surface area contributed by atoms with Gasteiger partial charge in [-0.25, -0.2) is 0 Å². The number of hydrogen-bond acceptors (Lipinski definition) is 7. The van der Waals surface area contributed by atoms with Crippen LogP contribution in [0.15, 0.2) is 29.3 Å². The van der Waals surface area contributed by atoms with Gasteiger partial charge in [-0.2, -0.15) is 0 Å². The van der Waals surface area contributed by atoms with Gasteiger partial charge in [0.25, 0.3) is 5.91 Å². The van der Waals surface area contributed by atoms with Gasteiger partial charge in [0.1, 0.15) is 18.1 Å². The SMILES string of the molecule is CCC1C(=O)N(C)C(CCCN=C(N)N)C(=O)NCC(=O)NC(CC(=O)O)C(=O)NCc2cccc(c2)C(=O)N1C. The van der Waals surface area contributed by atoms with E-state index < -0.39 is 66.6 Å². The number of carbonyl (C=O) groups is 6. The third kappa shape index (κ3) is 9.47. The lowest BCUT2D eigenvalue weighted by Gasteiger charge is -2.34. The lowest BCUT2D eigenvalue weighted by atomic mass is 10.0. The first-order chi connectivity index (χ1) is 19.3. The Morgan fingerprint density at radius 2 is 1.71 bits per heavy atom. The molecular weight excluding hydrogens is 536 g/mol. The van der Waals surface area contributed by atoms with E-state index in [9.17, 15) is 33.9 Å². The molecule has 0 aromatic heterocycles. The van der Waals surface area contributed by atoms with Crippen molar-refractivity contribution in [3.05, 3.63) is 35.4 Å². The van der Waals surface area contributed by atoms with Gasteiger partial charge in [0.15, 0.2) is 5.96 Å². The summed E-state index contributed by atoms with van der Waals surface area (Å²) in [6, 6.07) is 3.02. The predicted octanol–water partition coefficient (Wildman–Crippen LogP) is -1.88. The van der Waals surface area contributed by atoms with Gasteiger partial charge in [-0.15, -0.1) is 0 Å². The summed E-state index contributed by atoms with van der Waals surface area (Å²) in [6.07, 6.45) is 0.0143. The Morgan fingerprint density at radius 3 is 2.34 bits per heavy atom. The third-order valence-electron chi connectivity index (χ3n) is 6.60. The number of benzene rings is 1. The lowest BCUT2D eigenvalue weighted by molar-refractivity contribution is -0.143. The zero-order chi connectivity index (χ0) is 30.7. The fraction of sp³-hybridized carbons (Fsp3) is 0.500. The average Bonchev–Trinajstić information content (AvgIpc) is 2.93. The zero-order valence-electron chi connectivity index (χ0n) is 23.4. The summed E-state index contributed by atoms with van der Waals surface area (Å²) < 4.78 is 0. The molecule has 3 atom stereocenters. The van der Waals surface area contributed by atoms with E-state index in [4.69, 9.17) is 11.5 Å². The molecule has 1 heterocycles. The van der Waals surface area contributed by atoms with E-state index in [0.717, 1.165) is 0 Å².